The van der Waals surface area contributed by atoms with Gasteiger partial charge in [0.1, 0.15) is 5.75 Å². The number of nitrogens with zero attached hydrogens (tertiary/aromatic N) is 4. The number of non-ortho nitro benzene ring substituents is 1. The van der Waals surface area contributed by atoms with Gasteiger partial charge in [-0.3, -0.25) is 10.1 Å². The van der Waals surface area contributed by atoms with Gasteiger partial charge >= 0.3 is 0 Å². The summed E-state index contributed by atoms with van der Waals surface area (Å²) in [6.45, 7) is 0. The number of anilines is 2. The molecule has 8 heteroatoms. The Morgan fingerprint density at radius 2 is 1.81 bits per heavy atom. The molecule has 3 aromatic carbocycles. The lowest BCUT2D eigenvalue weighted by atomic mass is 10.2. The summed E-state index contributed by atoms with van der Waals surface area (Å²) in [5, 5.41) is 15.0. The van der Waals surface area contributed by atoms with Crippen molar-refractivity contribution in [3.8, 4) is 17.3 Å². The molecule has 2 heterocycles. The molecule has 1 N–H and O–H groups in total. The van der Waals surface area contributed by atoms with Crippen molar-refractivity contribution in [2.24, 2.45) is 0 Å². The van der Waals surface area contributed by atoms with Crippen LogP contribution in [0.2, 0.25) is 0 Å². The number of nitrogens with one attached hydrogen (secondary N) is 1. The molecule has 0 amide bonds. The molecule has 2 aromatic heterocycles. The van der Waals surface area contributed by atoms with Crippen LogP contribution in [-0.2, 0) is 0 Å². The summed E-state index contributed by atoms with van der Waals surface area (Å²) < 4.78 is 8.05. The molecular weight excluding hydrogens is 406 g/mol. The van der Waals surface area contributed by atoms with Crippen LogP contribution in [0.4, 0.5) is 17.3 Å². The quantitative estimate of drug-likeness (QED) is 0.271. The number of aromatic nitrogens is 3. The number of ether oxygens (including phenoxy) is 1. The van der Waals surface area contributed by atoms with Crippen molar-refractivity contribution in [1.82, 2.24) is 14.5 Å². The summed E-state index contributed by atoms with van der Waals surface area (Å²) in [6.07, 6.45) is 3.59. The molecule has 0 atom stereocenters. The molecule has 8 nitrogen and oxygen atoms in total. The summed E-state index contributed by atoms with van der Waals surface area (Å²) in [7, 11) is 0. The highest BCUT2D eigenvalue weighted by atomic mass is 16.6. The highest BCUT2D eigenvalue weighted by Crippen LogP contribution is 2.28. The van der Waals surface area contributed by atoms with Gasteiger partial charge in [0.25, 0.3) is 5.69 Å². The maximum absolute atomic E-state index is 11.0. The average Bonchev–Trinajstić information content (AvgIpc) is 3.23. The molecule has 0 bridgehead atoms. The monoisotopic (exact) mass is 423 g/mol. The summed E-state index contributed by atoms with van der Waals surface area (Å²) in [5.41, 5.74) is 2.65. The minimum absolute atomic E-state index is 0.0156. The van der Waals surface area contributed by atoms with Gasteiger partial charge in [0.15, 0.2) is 0 Å². The van der Waals surface area contributed by atoms with Gasteiger partial charge in [-0.1, -0.05) is 24.3 Å². The average molecular weight is 423 g/mol. The Morgan fingerprint density at radius 1 is 0.938 bits per heavy atom. The Kier molecular flexibility index (Phi) is 4.93. The fourth-order valence-electron chi connectivity index (χ4n) is 3.40. The molecule has 5 rings (SSSR count). The number of hydrogen-bond donors (Lipinski definition) is 1. The first kappa shape index (κ1) is 19.3. The van der Waals surface area contributed by atoms with Crippen molar-refractivity contribution in [3.63, 3.8) is 0 Å². The van der Waals surface area contributed by atoms with Gasteiger partial charge in [0.2, 0.25) is 11.8 Å². The van der Waals surface area contributed by atoms with Crippen molar-refractivity contribution in [2.75, 3.05) is 5.32 Å². The Hall–Kier alpha value is -4.72. The van der Waals surface area contributed by atoms with E-state index in [4.69, 9.17) is 4.74 Å². The molecule has 0 radical (unpaired) electrons. The van der Waals surface area contributed by atoms with Gasteiger partial charge < -0.3 is 14.6 Å². The summed E-state index contributed by atoms with van der Waals surface area (Å²) in [6, 6.07) is 25.8. The number of benzene rings is 3. The number of hydrogen-bond acceptors (Lipinski definition) is 6. The van der Waals surface area contributed by atoms with Crippen molar-refractivity contribution in [2.45, 2.75) is 0 Å². The first-order chi connectivity index (χ1) is 15.7. The number of nitro groups is 1. The topological polar surface area (TPSA) is 95.1 Å². The largest absolute Gasteiger partial charge is 0.439 e. The van der Waals surface area contributed by atoms with E-state index < -0.39 is 4.92 Å². The van der Waals surface area contributed by atoms with Gasteiger partial charge in [-0.2, -0.15) is 4.98 Å². The smallest absolute Gasteiger partial charge is 0.271 e. The van der Waals surface area contributed by atoms with E-state index in [2.05, 4.69) is 32.0 Å². The summed E-state index contributed by atoms with van der Waals surface area (Å²) >= 11 is 0. The zero-order valence-corrected chi connectivity index (χ0v) is 16.8. The Balaban J connectivity index is 1.36. The fourth-order valence-corrected chi connectivity index (χ4v) is 3.40. The number of rotatable bonds is 6. The van der Waals surface area contributed by atoms with Crippen LogP contribution >= 0.6 is 0 Å². The summed E-state index contributed by atoms with van der Waals surface area (Å²) in [5.74, 6) is 1.28. The highest BCUT2D eigenvalue weighted by Gasteiger charge is 2.09. The highest BCUT2D eigenvalue weighted by molar-refractivity contribution is 5.83. The maximum atomic E-state index is 11.0. The second kappa shape index (κ2) is 8.19. The molecular formula is C24H17N5O3. The lowest BCUT2D eigenvalue weighted by molar-refractivity contribution is -0.384. The second-order valence-electron chi connectivity index (χ2n) is 6.99. The van der Waals surface area contributed by atoms with Crippen LogP contribution in [0.15, 0.2) is 97.3 Å². The lowest BCUT2D eigenvalue weighted by Gasteiger charge is -2.09. The normalized spacial score (nSPS) is 10.8. The van der Waals surface area contributed by atoms with Crippen LogP contribution in [0.1, 0.15) is 0 Å². The number of nitro benzene ring substituents is 1. The predicted molar refractivity (Wildman–Crippen MR) is 122 cm³/mol. The van der Waals surface area contributed by atoms with E-state index in [9.17, 15) is 10.1 Å². The van der Waals surface area contributed by atoms with Crippen molar-refractivity contribution in [3.05, 3.63) is 107 Å². The first-order valence-electron chi connectivity index (χ1n) is 9.85. The van der Waals surface area contributed by atoms with Gasteiger partial charge in [-0.15, -0.1) is 0 Å². The minimum Gasteiger partial charge on any atom is -0.439 e. The number of para-hydroxylation sites is 1. The van der Waals surface area contributed by atoms with E-state index in [0.29, 0.717) is 17.3 Å². The van der Waals surface area contributed by atoms with Crippen LogP contribution < -0.4 is 10.1 Å². The van der Waals surface area contributed by atoms with E-state index in [0.717, 1.165) is 16.6 Å². The van der Waals surface area contributed by atoms with E-state index in [1.807, 2.05) is 48.7 Å². The van der Waals surface area contributed by atoms with Crippen LogP contribution in [0, 0.1) is 10.1 Å². The molecule has 0 fully saturated rings. The molecule has 0 unspecified atom stereocenters. The van der Waals surface area contributed by atoms with Crippen LogP contribution in [0.3, 0.4) is 0 Å². The van der Waals surface area contributed by atoms with E-state index in [-0.39, 0.29) is 11.6 Å². The fraction of sp³-hybridized carbons (Fsp3) is 0. The third-order valence-electron chi connectivity index (χ3n) is 4.86. The zero-order chi connectivity index (χ0) is 21.9. The third kappa shape index (κ3) is 3.97. The van der Waals surface area contributed by atoms with Crippen LogP contribution in [-0.4, -0.2) is 19.5 Å². The Labute approximate surface area is 182 Å². The minimum atomic E-state index is -0.452. The molecule has 0 saturated carbocycles. The summed E-state index contributed by atoms with van der Waals surface area (Å²) in [4.78, 5) is 19.0. The van der Waals surface area contributed by atoms with E-state index in [1.165, 1.54) is 12.1 Å². The van der Waals surface area contributed by atoms with Gasteiger partial charge in [-0.05, 0) is 42.5 Å². The van der Waals surface area contributed by atoms with Crippen molar-refractivity contribution < 1.29 is 9.66 Å². The van der Waals surface area contributed by atoms with Crippen LogP contribution in [0.5, 0.6) is 11.6 Å². The molecule has 5 aromatic rings. The molecule has 0 spiro atoms. The third-order valence-corrected chi connectivity index (χ3v) is 4.86. The van der Waals surface area contributed by atoms with E-state index in [1.54, 1.807) is 24.4 Å². The van der Waals surface area contributed by atoms with Crippen molar-refractivity contribution in [1.29, 1.82) is 0 Å². The van der Waals surface area contributed by atoms with E-state index >= 15 is 0 Å². The van der Waals surface area contributed by atoms with Crippen LogP contribution in [0.25, 0.3) is 16.6 Å². The predicted octanol–water partition coefficient (Wildman–Crippen LogP) is 5.86. The number of fused-ring (bicyclic) bond motifs is 1. The Morgan fingerprint density at radius 3 is 2.66 bits per heavy atom. The van der Waals surface area contributed by atoms with Gasteiger partial charge in [-0.25, -0.2) is 4.98 Å². The second-order valence-corrected chi connectivity index (χ2v) is 6.99. The first-order valence-corrected chi connectivity index (χ1v) is 9.85. The molecule has 0 saturated heterocycles. The maximum Gasteiger partial charge on any atom is 0.271 e. The Bertz CT molecular complexity index is 1420. The lowest BCUT2D eigenvalue weighted by Crippen LogP contribution is -1.99. The molecule has 0 aliphatic rings. The van der Waals surface area contributed by atoms with Gasteiger partial charge in [0.05, 0.1) is 10.4 Å². The molecule has 0 aliphatic carbocycles. The molecule has 32 heavy (non-hydrogen) atoms. The SMILES string of the molecule is O=[N+]([O-])c1cccc(Nc2nccc(Oc3ccc4c(ccn4-c4ccccc4)c3)n2)c1. The van der Waals surface area contributed by atoms with Gasteiger partial charge in [0, 0.05) is 47.4 Å². The zero-order valence-electron chi connectivity index (χ0n) is 16.8. The van der Waals surface area contributed by atoms with Crippen molar-refractivity contribution >= 4 is 28.2 Å². The molecule has 156 valence electrons. The molecule has 0 aliphatic heterocycles. The standard InChI is InChI=1S/C24H17N5O3/c30-29(31)20-8-4-5-18(16-20)26-24-25-13-11-23(27-24)32-21-9-10-22-17(15-21)12-14-28(22)19-6-2-1-3-7-19/h1-16H,(H,25,26,27).